The normalized spacial score (nSPS) is 13.3. The van der Waals surface area contributed by atoms with Crippen LogP contribution in [0.5, 0.6) is 0 Å². The van der Waals surface area contributed by atoms with Crippen molar-refractivity contribution >= 4 is 0 Å². The molecule has 0 bridgehead atoms. The van der Waals surface area contributed by atoms with Crippen molar-refractivity contribution in [3.8, 4) is 0 Å². The van der Waals surface area contributed by atoms with Crippen LogP contribution in [0.15, 0.2) is 87.5 Å². The van der Waals surface area contributed by atoms with Gasteiger partial charge in [-0.25, -0.2) is 0 Å². The molecule has 0 spiro atoms. The highest BCUT2D eigenvalue weighted by atomic mass is 15.1. The van der Waals surface area contributed by atoms with Crippen LogP contribution in [0.1, 0.15) is 176 Å². The minimum absolute atomic E-state index is 0.460. The maximum Gasteiger partial charge on any atom is 0.0583 e. The first-order valence-corrected chi connectivity index (χ1v) is 19.6. The summed E-state index contributed by atoms with van der Waals surface area (Å²) in [6, 6.07) is 7.05. The standard InChI is InChI=1S/C30H45N.C8H16N2.C5H12.C2H6/c1-8-10-11-16-29(26(7)31-30-23(4)14-12-15-24(30)5)21-27-17-18-28(25(6)20-27)19-22(3)13-9-2;1-4-6-7-8(5-2)10-9-3;1-3-5-4-2;1-2/h14,17-18,20,29,31H,3,7-13,15-16,19,21H2,1-2,4-6H3;5H,4,6-7H2,1-3H3;3-5H2,1-2H3;1-2H3/b;8-5-,10-9?;;. The van der Waals surface area contributed by atoms with Crippen LogP contribution in [0.4, 0.5) is 0 Å². The molecule has 1 aromatic carbocycles. The quantitative estimate of drug-likeness (QED) is 0.0894. The van der Waals surface area contributed by atoms with Gasteiger partial charge < -0.3 is 5.32 Å². The number of rotatable bonds is 19. The van der Waals surface area contributed by atoms with E-state index in [2.05, 4.69) is 108 Å². The second-order valence-corrected chi connectivity index (χ2v) is 13.1. The van der Waals surface area contributed by atoms with E-state index in [0.29, 0.717) is 5.92 Å². The van der Waals surface area contributed by atoms with Gasteiger partial charge in [0.25, 0.3) is 0 Å². The van der Waals surface area contributed by atoms with Crippen LogP contribution >= 0.6 is 0 Å². The molecule has 274 valence electrons. The topological polar surface area (TPSA) is 36.8 Å². The third-order valence-corrected chi connectivity index (χ3v) is 8.71. The zero-order valence-corrected chi connectivity index (χ0v) is 34.1. The third kappa shape index (κ3) is 22.0. The van der Waals surface area contributed by atoms with Crippen molar-refractivity contribution in [2.45, 2.75) is 179 Å². The minimum atomic E-state index is 0.460. The zero-order chi connectivity index (χ0) is 36.7. The number of allylic oxidation sites excluding steroid dienone is 7. The van der Waals surface area contributed by atoms with Crippen molar-refractivity contribution in [2.24, 2.45) is 16.1 Å². The summed E-state index contributed by atoms with van der Waals surface area (Å²) in [5, 5.41) is 11.4. The van der Waals surface area contributed by atoms with Crippen LogP contribution in [0.25, 0.3) is 0 Å². The van der Waals surface area contributed by atoms with E-state index in [9.17, 15) is 0 Å². The van der Waals surface area contributed by atoms with Gasteiger partial charge in [0.05, 0.1) is 5.70 Å². The molecule has 3 heteroatoms. The van der Waals surface area contributed by atoms with Gasteiger partial charge >= 0.3 is 0 Å². The van der Waals surface area contributed by atoms with E-state index in [0.717, 1.165) is 44.2 Å². The summed E-state index contributed by atoms with van der Waals surface area (Å²) < 4.78 is 0. The highest BCUT2D eigenvalue weighted by Crippen LogP contribution is 2.28. The summed E-state index contributed by atoms with van der Waals surface area (Å²) >= 11 is 0. The molecule has 0 fully saturated rings. The second-order valence-electron chi connectivity index (χ2n) is 13.1. The lowest BCUT2D eigenvalue weighted by molar-refractivity contribution is 0.496. The maximum absolute atomic E-state index is 4.51. The molecule has 2 rings (SSSR count). The molecule has 0 radical (unpaired) electrons. The van der Waals surface area contributed by atoms with Crippen LogP contribution in [-0.2, 0) is 12.8 Å². The number of nitrogens with one attached hydrogen (secondary N) is 1. The van der Waals surface area contributed by atoms with Gasteiger partial charge in [0.1, 0.15) is 0 Å². The maximum atomic E-state index is 4.51. The summed E-state index contributed by atoms with van der Waals surface area (Å²) in [6.07, 6.45) is 23.6. The lowest BCUT2D eigenvalue weighted by Crippen LogP contribution is -2.23. The summed E-state index contributed by atoms with van der Waals surface area (Å²) in [5.41, 5.74) is 12.0. The van der Waals surface area contributed by atoms with Crippen LogP contribution in [-0.4, -0.2) is 7.05 Å². The number of unbranched alkanes of at least 4 members (excludes halogenated alkanes) is 5. The molecular formula is C45H79N3. The molecular weight excluding hydrogens is 583 g/mol. The van der Waals surface area contributed by atoms with Crippen LogP contribution in [0, 0.1) is 12.8 Å². The van der Waals surface area contributed by atoms with Gasteiger partial charge in [0, 0.05) is 24.4 Å². The Morgan fingerprint density at radius 2 is 1.52 bits per heavy atom. The molecule has 48 heavy (non-hydrogen) atoms. The monoisotopic (exact) mass is 662 g/mol. The summed E-state index contributed by atoms with van der Waals surface area (Å²) in [5.74, 6) is 0.460. The lowest BCUT2D eigenvalue weighted by atomic mass is 9.88. The van der Waals surface area contributed by atoms with E-state index in [4.69, 9.17) is 0 Å². The summed E-state index contributed by atoms with van der Waals surface area (Å²) in [6.45, 7) is 32.6. The van der Waals surface area contributed by atoms with Crippen molar-refractivity contribution in [3.63, 3.8) is 0 Å². The minimum Gasteiger partial charge on any atom is -0.359 e. The van der Waals surface area contributed by atoms with Crippen molar-refractivity contribution in [3.05, 3.63) is 94.0 Å². The van der Waals surface area contributed by atoms with E-state index in [1.54, 1.807) is 7.05 Å². The largest absolute Gasteiger partial charge is 0.359 e. The molecule has 1 atom stereocenters. The average molecular weight is 662 g/mol. The van der Waals surface area contributed by atoms with E-state index in [1.165, 1.54) is 109 Å². The zero-order valence-electron chi connectivity index (χ0n) is 34.1. The molecule has 0 aromatic heterocycles. The smallest absolute Gasteiger partial charge is 0.0583 e. The van der Waals surface area contributed by atoms with E-state index >= 15 is 0 Å². The van der Waals surface area contributed by atoms with E-state index in [-0.39, 0.29) is 0 Å². The molecule has 0 saturated carbocycles. The van der Waals surface area contributed by atoms with Gasteiger partial charge in [0.15, 0.2) is 0 Å². The SMILES string of the molecule is C/C=C(/CCCC)N=NC.C=C(CCC)Cc1ccc(CC(CCCCC)C(=C)NC2=C(C)CCC=C2C)cc1C.CC.CCCCC. The van der Waals surface area contributed by atoms with Crippen LogP contribution < -0.4 is 5.32 Å². The molecule has 0 amide bonds. The number of hydrogen-bond acceptors (Lipinski definition) is 3. The van der Waals surface area contributed by atoms with Crippen molar-refractivity contribution < 1.29 is 0 Å². The van der Waals surface area contributed by atoms with Crippen LogP contribution in [0.2, 0.25) is 0 Å². The molecule has 0 saturated heterocycles. The van der Waals surface area contributed by atoms with Crippen molar-refractivity contribution in [2.75, 3.05) is 7.05 Å². The molecule has 1 unspecified atom stereocenters. The third-order valence-electron chi connectivity index (χ3n) is 8.71. The Labute approximate surface area is 300 Å². The van der Waals surface area contributed by atoms with Gasteiger partial charge in [-0.1, -0.05) is 149 Å². The highest BCUT2D eigenvalue weighted by Gasteiger charge is 2.18. The fourth-order valence-corrected chi connectivity index (χ4v) is 5.75. The number of hydrogen-bond donors (Lipinski definition) is 1. The van der Waals surface area contributed by atoms with Gasteiger partial charge in [0.2, 0.25) is 0 Å². The van der Waals surface area contributed by atoms with Gasteiger partial charge in [-0.15, -0.1) is 0 Å². The fraction of sp³-hybridized carbons (Fsp3) is 0.644. The van der Waals surface area contributed by atoms with Crippen molar-refractivity contribution in [1.82, 2.24) is 5.32 Å². The average Bonchev–Trinajstić information content (AvgIpc) is 3.07. The Balaban J connectivity index is 0. The summed E-state index contributed by atoms with van der Waals surface area (Å²) in [7, 11) is 1.70. The van der Waals surface area contributed by atoms with Crippen LogP contribution in [0.3, 0.4) is 0 Å². The van der Waals surface area contributed by atoms with Gasteiger partial charge in [-0.2, -0.15) is 10.2 Å². The molecule has 1 N–H and O–H groups in total. The van der Waals surface area contributed by atoms with E-state index < -0.39 is 0 Å². The second kappa shape index (κ2) is 31.6. The number of benzene rings is 1. The summed E-state index contributed by atoms with van der Waals surface area (Å²) in [4.78, 5) is 0. The van der Waals surface area contributed by atoms with Crippen molar-refractivity contribution in [1.29, 1.82) is 0 Å². The Morgan fingerprint density at radius 3 is 2.02 bits per heavy atom. The Bertz CT molecular complexity index is 1110. The predicted molar refractivity (Wildman–Crippen MR) is 219 cm³/mol. The number of aryl methyl sites for hydroxylation is 1. The van der Waals surface area contributed by atoms with E-state index in [1.807, 2.05) is 26.8 Å². The molecule has 3 nitrogen and oxygen atoms in total. The van der Waals surface area contributed by atoms with Gasteiger partial charge in [-0.3, -0.25) is 0 Å². The lowest BCUT2D eigenvalue weighted by Gasteiger charge is -2.26. The number of azo groups is 1. The molecule has 1 aliphatic carbocycles. The molecule has 1 aromatic rings. The predicted octanol–water partition coefficient (Wildman–Crippen LogP) is 15.1. The van der Waals surface area contributed by atoms with Gasteiger partial charge in [-0.05, 0) is 107 Å². The fourth-order valence-electron chi connectivity index (χ4n) is 5.75. The Morgan fingerprint density at radius 1 is 0.875 bits per heavy atom. The number of nitrogens with zero attached hydrogens (tertiary/aromatic N) is 2. The highest BCUT2D eigenvalue weighted by molar-refractivity contribution is 5.38. The first-order valence-electron chi connectivity index (χ1n) is 19.6. The molecule has 0 aliphatic heterocycles. The first-order chi connectivity index (χ1) is 23.1. The molecule has 1 aliphatic rings. The Hall–Kier alpha value is -2.68. The first kappa shape index (κ1) is 47.4. The Kier molecular flexibility index (Phi) is 31.2. The molecule has 0 heterocycles.